The Morgan fingerprint density at radius 1 is 1.21 bits per heavy atom. The third kappa shape index (κ3) is 7.50. The van der Waals surface area contributed by atoms with Crippen molar-refractivity contribution in [3.8, 4) is 6.07 Å². The first-order valence-electron chi connectivity index (χ1n) is 15.1. The summed E-state index contributed by atoms with van der Waals surface area (Å²) >= 11 is 0.874. The number of halogens is 2. The molecule has 2 heterocycles. The van der Waals surface area contributed by atoms with Gasteiger partial charge in [0.15, 0.2) is 9.91 Å². The Bertz CT molecular complexity index is 1760. The van der Waals surface area contributed by atoms with E-state index in [1.807, 2.05) is 6.07 Å². The number of hydrogen-bond donors (Lipinski definition) is 1. The number of fused-ring (bicyclic) bond motifs is 1. The summed E-state index contributed by atoms with van der Waals surface area (Å²) in [6.45, 7) is 16.7. The summed E-state index contributed by atoms with van der Waals surface area (Å²) in [5, 5.41) is 19.6. The van der Waals surface area contributed by atoms with Gasteiger partial charge in [0.1, 0.15) is 41.3 Å². The lowest BCUT2D eigenvalue weighted by atomic mass is 9.86. The minimum atomic E-state index is -1.57. The number of ether oxygens (including phenoxy) is 2. The van der Waals surface area contributed by atoms with E-state index in [9.17, 15) is 14.7 Å². The third-order valence-corrected chi connectivity index (χ3v) is 11.0. The first-order chi connectivity index (χ1) is 21.7. The molecule has 1 aliphatic carbocycles. The highest BCUT2D eigenvalue weighted by Gasteiger charge is 2.68. The van der Waals surface area contributed by atoms with Crippen molar-refractivity contribution in [2.24, 2.45) is 4.99 Å². The van der Waals surface area contributed by atoms with Gasteiger partial charge in [0.25, 0.3) is 0 Å². The number of nitrogens with zero attached hydrogens (tertiary/aromatic N) is 4. The molecule has 2 aliphatic rings. The number of pyridine rings is 1. The zero-order valence-electron chi connectivity index (χ0n) is 28.1. The van der Waals surface area contributed by atoms with Gasteiger partial charge in [-0.25, -0.2) is 28.3 Å². The van der Waals surface area contributed by atoms with E-state index in [4.69, 9.17) is 19.7 Å². The summed E-state index contributed by atoms with van der Waals surface area (Å²) in [6, 6.07) is 8.28. The fourth-order valence-electron chi connectivity index (χ4n) is 5.39. The Morgan fingerprint density at radius 3 is 2.47 bits per heavy atom. The molecule has 1 amide bonds. The van der Waals surface area contributed by atoms with E-state index in [2.05, 4.69) is 24.6 Å². The molecule has 13 heteroatoms. The largest absolute Gasteiger partial charge is 0.480 e. The smallest absolute Gasteiger partial charge is 0.418 e. The zero-order valence-corrected chi connectivity index (χ0v) is 29.9. The number of amides is 1. The monoisotopic (exact) mass is 682 g/mol. The number of carboxylic acids is 1. The van der Waals surface area contributed by atoms with Gasteiger partial charge < -0.3 is 14.6 Å². The van der Waals surface area contributed by atoms with Crippen molar-refractivity contribution >= 4 is 49.0 Å². The molecule has 4 rings (SSSR count). The lowest BCUT2D eigenvalue weighted by molar-refractivity contribution is -0.137. The topological polar surface area (TPSA) is 125 Å². The number of aliphatic imine (C=N–C) groups is 1. The maximum absolute atomic E-state index is 15.8. The fraction of sp³-hybridized carbons (Fsp3) is 0.441. The van der Waals surface area contributed by atoms with Crippen molar-refractivity contribution in [3.63, 3.8) is 0 Å². The molecular weight excluding hydrogens is 643 g/mol. The average molecular weight is 683 g/mol. The van der Waals surface area contributed by atoms with E-state index in [0.717, 1.165) is 22.7 Å². The SMILES string of the molecule is CC1=C2[C@@]1(C(=O)O)SC(N(COCC[Si](C)(C)C)C(=O)OC(C)(C)C)=N[C@]2(C)c1cc(/C=C(\F)c2ncc(C#N)cc2C)ccc1F. The number of aromatic nitrogens is 1. The number of carboxylic acid groups (broad SMARTS) is 1. The predicted molar refractivity (Wildman–Crippen MR) is 182 cm³/mol. The summed E-state index contributed by atoms with van der Waals surface area (Å²) in [4.78, 5) is 36.5. The highest BCUT2D eigenvalue weighted by atomic mass is 32.2. The second-order valence-electron chi connectivity index (χ2n) is 14.0. The summed E-state index contributed by atoms with van der Waals surface area (Å²) in [5.41, 5.74) is -0.552. The molecule has 0 spiro atoms. The second-order valence-corrected chi connectivity index (χ2v) is 20.8. The normalized spacial score (nSPS) is 21.1. The van der Waals surface area contributed by atoms with Crippen LogP contribution in [0, 0.1) is 24.1 Å². The van der Waals surface area contributed by atoms with Crippen molar-refractivity contribution < 1.29 is 33.0 Å². The fourth-order valence-corrected chi connectivity index (χ4v) is 7.63. The molecule has 0 saturated carbocycles. The number of carbonyl (C=O) groups excluding carboxylic acids is 1. The standard InChI is InChI=1S/C34H40F2N4O5SSi/c1-20-14-23(17-37)18-38-27(20)26(36)16-22-10-11-25(35)24(15-22)33(6)28-21(2)34(28,29(41)42)46-30(39-33)40(31(43)45-32(3,4)5)19-44-12-13-47(7,8)9/h10-11,14-16,18H,12-13,19H2,1-9H3,(H,41,42)/b26-16-/t33-,34+/m1/s1. The summed E-state index contributed by atoms with van der Waals surface area (Å²) in [6.07, 6.45) is 1.67. The minimum absolute atomic E-state index is 0.00156. The first kappa shape index (κ1) is 36.0. The average Bonchev–Trinajstić information content (AvgIpc) is 3.58. The molecule has 1 aromatic heterocycles. The molecule has 9 nitrogen and oxygen atoms in total. The molecule has 1 N–H and O–H groups in total. The molecule has 0 saturated heterocycles. The van der Waals surface area contributed by atoms with Crippen molar-refractivity contribution in [2.75, 3.05) is 13.3 Å². The summed E-state index contributed by atoms with van der Waals surface area (Å²) in [7, 11) is -1.46. The zero-order chi connectivity index (χ0) is 35.1. The van der Waals surface area contributed by atoms with Crippen LogP contribution in [-0.2, 0) is 19.8 Å². The molecule has 0 fully saturated rings. The Hall–Kier alpha value is -3.86. The van der Waals surface area contributed by atoms with Crippen LogP contribution in [0.3, 0.4) is 0 Å². The highest BCUT2D eigenvalue weighted by Crippen LogP contribution is 2.66. The molecule has 0 radical (unpaired) electrons. The van der Waals surface area contributed by atoms with Crippen LogP contribution in [0.15, 0.2) is 46.6 Å². The quantitative estimate of drug-likeness (QED) is 0.123. The maximum atomic E-state index is 15.8. The number of nitriles is 1. The number of aryl methyl sites for hydroxylation is 1. The molecule has 1 aliphatic heterocycles. The minimum Gasteiger partial charge on any atom is -0.480 e. The molecule has 0 bridgehead atoms. The van der Waals surface area contributed by atoms with E-state index >= 15 is 8.78 Å². The van der Waals surface area contributed by atoms with Gasteiger partial charge in [-0.2, -0.15) is 5.26 Å². The van der Waals surface area contributed by atoms with Gasteiger partial charge in [-0.15, -0.1) is 0 Å². The predicted octanol–water partition coefficient (Wildman–Crippen LogP) is 7.89. The van der Waals surface area contributed by atoms with E-state index in [-0.39, 0.29) is 34.3 Å². The Labute approximate surface area is 279 Å². The van der Waals surface area contributed by atoms with Crippen LogP contribution in [-0.4, -0.2) is 64.0 Å². The second kappa shape index (κ2) is 13.0. The van der Waals surface area contributed by atoms with Crippen LogP contribution in [0.1, 0.15) is 62.6 Å². The molecule has 47 heavy (non-hydrogen) atoms. The van der Waals surface area contributed by atoms with Crippen molar-refractivity contribution in [1.82, 2.24) is 9.88 Å². The Balaban J connectivity index is 1.81. The molecule has 1 aromatic carbocycles. The highest BCUT2D eigenvalue weighted by molar-refractivity contribution is 8.16. The lowest BCUT2D eigenvalue weighted by Crippen LogP contribution is -2.47. The number of benzene rings is 1. The Morgan fingerprint density at radius 2 is 1.89 bits per heavy atom. The number of carbonyl (C=O) groups is 2. The van der Waals surface area contributed by atoms with Crippen LogP contribution in [0.4, 0.5) is 13.6 Å². The first-order valence-corrected chi connectivity index (χ1v) is 19.6. The van der Waals surface area contributed by atoms with Gasteiger partial charge in [-0.05, 0) is 94.1 Å². The van der Waals surface area contributed by atoms with Crippen LogP contribution >= 0.6 is 11.8 Å². The van der Waals surface area contributed by atoms with Crippen molar-refractivity contribution in [3.05, 3.63) is 75.4 Å². The number of aliphatic carboxylic acids is 1. The van der Waals surface area contributed by atoms with Crippen LogP contribution < -0.4 is 0 Å². The van der Waals surface area contributed by atoms with Gasteiger partial charge in [-0.3, -0.25) is 4.98 Å². The number of thioether (sulfide) groups is 1. The summed E-state index contributed by atoms with van der Waals surface area (Å²) < 4.78 is 41.2. The number of rotatable bonds is 9. The van der Waals surface area contributed by atoms with Crippen LogP contribution in [0.2, 0.25) is 25.7 Å². The molecular formula is C34H40F2N4O5SSi. The Kier molecular flexibility index (Phi) is 9.93. The molecule has 250 valence electrons. The van der Waals surface area contributed by atoms with E-state index in [1.54, 1.807) is 41.5 Å². The maximum Gasteiger partial charge on any atom is 0.418 e. The van der Waals surface area contributed by atoms with E-state index in [1.165, 1.54) is 36.5 Å². The molecule has 0 unspecified atom stereocenters. The van der Waals surface area contributed by atoms with Crippen molar-refractivity contribution in [1.29, 1.82) is 5.26 Å². The summed E-state index contributed by atoms with van der Waals surface area (Å²) in [5.74, 6) is -2.57. The van der Waals surface area contributed by atoms with Gasteiger partial charge in [0, 0.05) is 26.4 Å². The van der Waals surface area contributed by atoms with Gasteiger partial charge in [0.2, 0.25) is 0 Å². The van der Waals surface area contributed by atoms with Gasteiger partial charge in [-0.1, -0.05) is 37.5 Å². The van der Waals surface area contributed by atoms with Gasteiger partial charge >= 0.3 is 12.1 Å². The number of amidine groups is 1. The van der Waals surface area contributed by atoms with E-state index in [0.29, 0.717) is 23.3 Å². The van der Waals surface area contributed by atoms with E-state index < -0.39 is 47.7 Å². The molecule has 2 atom stereocenters. The molecule has 2 aromatic rings. The van der Waals surface area contributed by atoms with Crippen molar-refractivity contribution in [2.45, 2.75) is 83.1 Å². The van der Waals surface area contributed by atoms with Crippen LogP contribution in [0.25, 0.3) is 11.9 Å². The van der Waals surface area contributed by atoms with Gasteiger partial charge in [0.05, 0.1) is 5.56 Å². The lowest BCUT2D eigenvalue weighted by Gasteiger charge is -2.36. The van der Waals surface area contributed by atoms with Crippen LogP contribution in [0.5, 0.6) is 0 Å². The number of hydrogen-bond acceptors (Lipinski definition) is 8. The third-order valence-electron chi connectivity index (χ3n) is 7.85.